The number of nitrogens with zero attached hydrogens (tertiary/aromatic N) is 2. The Morgan fingerprint density at radius 1 is 1.08 bits per heavy atom. The standard InChI is InChI=1S/C30H47N3O3/c1-20(2)9-14-24(21-10-12-22(13-11-21)27(35)36)33-26(34)25(31-19-28(3,4)5)32-30(33)17-15-23(16-18-30)29(6,7)8/h10-13,20,23-24H,9,14-19H2,1-8H3,(H,31,32)(H,35,36)/t23?,24-,30?/m1/s1. The molecule has 0 radical (unpaired) electrons. The fourth-order valence-corrected chi connectivity index (χ4v) is 5.59. The number of hydrogen-bond donors (Lipinski definition) is 2. The highest BCUT2D eigenvalue weighted by atomic mass is 16.4. The smallest absolute Gasteiger partial charge is 0.335 e. The molecule has 2 N–H and O–H groups in total. The first kappa shape index (κ1) is 28.2. The van der Waals surface area contributed by atoms with E-state index in [0.717, 1.165) is 44.1 Å². The molecule has 200 valence electrons. The molecule has 2 aliphatic rings. The normalized spacial score (nSPS) is 23.8. The summed E-state index contributed by atoms with van der Waals surface area (Å²) in [6, 6.07) is 6.94. The first-order valence-corrected chi connectivity index (χ1v) is 13.6. The van der Waals surface area contributed by atoms with E-state index < -0.39 is 11.6 Å². The summed E-state index contributed by atoms with van der Waals surface area (Å²) >= 11 is 0. The van der Waals surface area contributed by atoms with Gasteiger partial charge in [-0.3, -0.25) is 4.79 Å². The number of aliphatic imine (C=N–C) groups is 1. The molecule has 0 unspecified atom stereocenters. The topological polar surface area (TPSA) is 82.0 Å². The molecule has 1 fully saturated rings. The second kappa shape index (κ2) is 10.5. The maximum absolute atomic E-state index is 14.0. The third-order valence-corrected chi connectivity index (χ3v) is 7.86. The van der Waals surface area contributed by atoms with Crippen LogP contribution < -0.4 is 5.32 Å². The fraction of sp³-hybridized carbons (Fsp3) is 0.700. The van der Waals surface area contributed by atoms with Crippen molar-refractivity contribution in [3.05, 3.63) is 35.4 Å². The Bertz CT molecular complexity index is 959. The maximum Gasteiger partial charge on any atom is 0.335 e. The predicted octanol–water partition coefficient (Wildman–Crippen LogP) is 6.67. The van der Waals surface area contributed by atoms with Crippen molar-refractivity contribution in [3.63, 3.8) is 0 Å². The van der Waals surface area contributed by atoms with Crippen LogP contribution in [-0.2, 0) is 4.79 Å². The SMILES string of the molecule is CC(C)CC[C@H](c1ccc(C(=O)O)cc1)N1C(=O)C(NCC(C)(C)C)=NC12CCC(C(C)(C)C)CC2. The minimum atomic E-state index is -0.938. The van der Waals surface area contributed by atoms with E-state index in [0.29, 0.717) is 24.2 Å². The number of amidine groups is 1. The number of benzene rings is 1. The van der Waals surface area contributed by atoms with Crippen LogP contribution in [0.4, 0.5) is 0 Å². The predicted molar refractivity (Wildman–Crippen MR) is 146 cm³/mol. The van der Waals surface area contributed by atoms with Crippen LogP contribution >= 0.6 is 0 Å². The van der Waals surface area contributed by atoms with Crippen molar-refractivity contribution in [1.82, 2.24) is 10.2 Å². The molecule has 0 saturated heterocycles. The van der Waals surface area contributed by atoms with Gasteiger partial charge in [0.15, 0.2) is 5.84 Å². The highest BCUT2D eigenvalue weighted by Crippen LogP contribution is 2.49. The van der Waals surface area contributed by atoms with Crippen molar-refractivity contribution in [2.24, 2.45) is 27.7 Å². The van der Waals surface area contributed by atoms with Crippen molar-refractivity contribution in [2.45, 2.75) is 106 Å². The summed E-state index contributed by atoms with van der Waals surface area (Å²) < 4.78 is 0. The Balaban J connectivity index is 2.01. The monoisotopic (exact) mass is 497 g/mol. The molecule has 1 aliphatic carbocycles. The highest BCUT2D eigenvalue weighted by Gasteiger charge is 2.52. The van der Waals surface area contributed by atoms with Crippen LogP contribution in [0, 0.1) is 22.7 Å². The number of amides is 1. The molecule has 36 heavy (non-hydrogen) atoms. The van der Waals surface area contributed by atoms with Gasteiger partial charge in [-0.1, -0.05) is 67.5 Å². The van der Waals surface area contributed by atoms with Gasteiger partial charge in [0, 0.05) is 6.54 Å². The Morgan fingerprint density at radius 2 is 1.67 bits per heavy atom. The van der Waals surface area contributed by atoms with Gasteiger partial charge in [-0.15, -0.1) is 0 Å². The largest absolute Gasteiger partial charge is 0.478 e. The second-order valence-corrected chi connectivity index (χ2v) is 13.6. The molecule has 1 aliphatic heterocycles. The molecule has 6 nitrogen and oxygen atoms in total. The molecule has 1 atom stereocenters. The summed E-state index contributed by atoms with van der Waals surface area (Å²) in [6.45, 7) is 18.5. The number of rotatable bonds is 7. The van der Waals surface area contributed by atoms with E-state index in [1.165, 1.54) is 0 Å². The molecule has 0 bridgehead atoms. The van der Waals surface area contributed by atoms with E-state index in [1.54, 1.807) is 12.1 Å². The van der Waals surface area contributed by atoms with Crippen LogP contribution in [0.15, 0.2) is 29.3 Å². The van der Waals surface area contributed by atoms with Crippen LogP contribution in [-0.4, -0.2) is 39.9 Å². The third kappa shape index (κ3) is 6.49. The van der Waals surface area contributed by atoms with Crippen LogP contribution in [0.3, 0.4) is 0 Å². The van der Waals surface area contributed by atoms with Crippen molar-refractivity contribution in [3.8, 4) is 0 Å². The van der Waals surface area contributed by atoms with Gasteiger partial charge in [-0.25, -0.2) is 9.79 Å². The molecular formula is C30H47N3O3. The van der Waals surface area contributed by atoms with E-state index in [1.807, 2.05) is 12.1 Å². The zero-order valence-corrected chi connectivity index (χ0v) is 23.6. The average Bonchev–Trinajstić information content (AvgIpc) is 3.03. The lowest BCUT2D eigenvalue weighted by atomic mass is 9.69. The molecule has 6 heteroatoms. The summed E-state index contributed by atoms with van der Waals surface area (Å²) in [6.07, 6.45) is 5.58. The minimum Gasteiger partial charge on any atom is -0.478 e. The van der Waals surface area contributed by atoms with Gasteiger partial charge in [0.05, 0.1) is 11.6 Å². The number of aromatic carboxylic acids is 1. The van der Waals surface area contributed by atoms with Gasteiger partial charge in [0.2, 0.25) is 0 Å². The number of carbonyl (C=O) groups is 2. The fourth-order valence-electron chi connectivity index (χ4n) is 5.59. The molecule has 1 aromatic carbocycles. The second-order valence-electron chi connectivity index (χ2n) is 13.6. The van der Waals surface area contributed by atoms with E-state index in [2.05, 4.69) is 65.6 Å². The first-order chi connectivity index (χ1) is 16.6. The van der Waals surface area contributed by atoms with Crippen molar-refractivity contribution in [1.29, 1.82) is 0 Å². The van der Waals surface area contributed by atoms with Gasteiger partial charge in [0.25, 0.3) is 5.91 Å². The number of carbonyl (C=O) groups excluding carboxylic acids is 1. The molecule has 1 aromatic rings. The summed E-state index contributed by atoms with van der Waals surface area (Å²) in [5, 5.41) is 12.8. The van der Waals surface area contributed by atoms with Gasteiger partial charge in [-0.2, -0.15) is 0 Å². The van der Waals surface area contributed by atoms with E-state index >= 15 is 0 Å². The molecule has 1 amide bonds. The lowest BCUT2D eigenvalue weighted by Crippen LogP contribution is -2.52. The molecule has 1 spiro atoms. The lowest BCUT2D eigenvalue weighted by molar-refractivity contribution is -0.134. The van der Waals surface area contributed by atoms with Gasteiger partial charge in [-0.05, 0) is 78.9 Å². The number of carboxylic acids is 1. The van der Waals surface area contributed by atoms with Crippen molar-refractivity contribution >= 4 is 17.7 Å². The third-order valence-electron chi connectivity index (χ3n) is 7.86. The number of nitrogens with one attached hydrogen (secondary N) is 1. The quantitative estimate of drug-likeness (QED) is 0.441. The number of carboxylic acid groups (broad SMARTS) is 1. The van der Waals surface area contributed by atoms with Gasteiger partial charge in [0.1, 0.15) is 5.66 Å². The van der Waals surface area contributed by atoms with Gasteiger partial charge < -0.3 is 15.3 Å². The molecule has 1 heterocycles. The van der Waals surface area contributed by atoms with Crippen LogP contribution in [0.5, 0.6) is 0 Å². The lowest BCUT2D eigenvalue weighted by Gasteiger charge is -2.47. The molecule has 3 rings (SSSR count). The highest BCUT2D eigenvalue weighted by molar-refractivity contribution is 6.39. The molecular weight excluding hydrogens is 450 g/mol. The van der Waals surface area contributed by atoms with E-state index in [9.17, 15) is 14.7 Å². The molecule has 1 saturated carbocycles. The summed E-state index contributed by atoms with van der Waals surface area (Å²) in [5.41, 5.74) is 0.954. The first-order valence-electron chi connectivity index (χ1n) is 13.6. The Hall–Kier alpha value is -2.37. The zero-order chi connectivity index (χ0) is 26.9. The van der Waals surface area contributed by atoms with Crippen molar-refractivity contribution < 1.29 is 14.7 Å². The van der Waals surface area contributed by atoms with E-state index in [4.69, 9.17) is 4.99 Å². The zero-order valence-electron chi connectivity index (χ0n) is 23.6. The maximum atomic E-state index is 14.0. The van der Waals surface area contributed by atoms with Crippen LogP contribution in [0.25, 0.3) is 0 Å². The average molecular weight is 498 g/mol. The summed E-state index contributed by atoms with van der Waals surface area (Å²) in [4.78, 5) is 32.7. The Kier molecular flexibility index (Phi) is 8.26. The van der Waals surface area contributed by atoms with Gasteiger partial charge >= 0.3 is 5.97 Å². The minimum absolute atomic E-state index is 0.0236. The molecule has 0 aromatic heterocycles. The van der Waals surface area contributed by atoms with E-state index in [-0.39, 0.29) is 28.3 Å². The summed E-state index contributed by atoms with van der Waals surface area (Å²) in [7, 11) is 0. The van der Waals surface area contributed by atoms with Crippen LogP contribution in [0.1, 0.15) is 116 Å². The number of hydrogen-bond acceptors (Lipinski definition) is 4. The Labute approximate surface area is 218 Å². The van der Waals surface area contributed by atoms with Crippen LogP contribution in [0.2, 0.25) is 0 Å². The summed E-state index contributed by atoms with van der Waals surface area (Å²) in [5.74, 6) is 0.619. The Morgan fingerprint density at radius 3 is 2.14 bits per heavy atom. The van der Waals surface area contributed by atoms with Crippen molar-refractivity contribution in [2.75, 3.05) is 6.54 Å².